The zero-order valence-corrected chi connectivity index (χ0v) is 25.9. The summed E-state index contributed by atoms with van der Waals surface area (Å²) >= 11 is 1.29. The maximum atomic E-state index is 12.7. The minimum Gasteiger partial charge on any atom is -0.494 e. The Kier molecular flexibility index (Phi) is 11.1. The van der Waals surface area contributed by atoms with Gasteiger partial charge < -0.3 is 24.3 Å². The molecule has 2 N–H and O–H groups in total. The first kappa shape index (κ1) is 32.2. The number of hydrogen-bond donors (Lipinski definition) is 2. The van der Waals surface area contributed by atoms with Crippen LogP contribution in [-0.4, -0.2) is 50.3 Å². The Balaban J connectivity index is 1.37. The average molecular weight is 622 g/mol. The van der Waals surface area contributed by atoms with E-state index in [0.717, 1.165) is 29.7 Å². The molecule has 0 radical (unpaired) electrons. The lowest BCUT2D eigenvalue weighted by molar-refractivity contribution is -0.136. The van der Waals surface area contributed by atoms with Crippen molar-refractivity contribution in [1.82, 2.24) is 5.43 Å². The van der Waals surface area contributed by atoms with E-state index in [1.54, 1.807) is 43.3 Å². The average Bonchev–Trinajstić information content (AvgIpc) is 3.37. The largest absolute Gasteiger partial charge is 0.494 e. The van der Waals surface area contributed by atoms with Crippen molar-refractivity contribution < 1.29 is 38.1 Å². The molecule has 1 heterocycles. The lowest BCUT2D eigenvalue weighted by atomic mass is 9.88. The number of carbonyl (C=O) groups excluding carboxylic acids is 4. The van der Waals surface area contributed by atoms with Crippen LogP contribution < -0.4 is 25.0 Å². The molecule has 0 unspecified atom stereocenters. The number of rotatable bonds is 11. The van der Waals surface area contributed by atoms with Gasteiger partial charge in [0.1, 0.15) is 10.8 Å². The first-order chi connectivity index (χ1) is 21.2. The van der Waals surface area contributed by atoms with Crippen LogP contribution in [0, 0.1) is 5.92 Å². The van der Waals surface area contributed by atoms with E-state index < -0.39 is 23.8 Å². The SMILES string of the molecule is CCCOc1ccc(C(=O)Oc2ccc(/C=N\NC(=O)C(=O)Nc3sc4c(c3C(=O)OCC)CC[C@@H](C)C4)cc2OC)cc1. The summed E-state index contributed by atoms with van der Waals surface area (Å²) in [6, 6.07) is 11.3. The number of ether oxygens (including phenoxy) is 4. The summed E-state index contributed by atoms with van der Waals surface area (Å²) in [5.41, 5.74) is 4.22. The maximum Gasteiger partial charge on any atom is 0.343 e. The maximum absolute atomic E-state index is 12.7. The van der Waals surface area contributed by atoms with Crippen molar-refractivity contribution in [3.63, 3.8) is 0 Å². The molecule has 2 amide bonds. The third kappa shape index (κ3) is 8.01. The Bertz CT molecular complexity index is 1550. The van der Waals surface area contributed by atoms with Crippen LogP contribution in [-0.2, 0) is 27.2 Å². The molecule has 1 aliphatic carbocycles. The van der Waals surface area contributed by atoms with Gasteiger partial charge in [-0.1, -0.05) is 13.8 Å². The summed E-state index contributed by atoms with van der Waals surface area (Å²) in [5, 5.41) is 6.71. The monoisotopic (exact) mass is 621 g/mol. The summed E-state index contributed by atoms with van der Waals surface area (Å²) in [5.74, 6) is -1.51. The molecular formula is C32H35N3O8S. The highest BCUT2D eigenvalue weighted by atomic mass is 32.1. The molecule has 44 heavy (non-hydrogen) atoms. The van der Waals surface area contributed by atoms with E-state index in [-0.39, 0.29) is 18.1 Å². The van der Waals surface area contributed by atoms with Gasteiger partial charge in [0.15, 0.2) is 11.5 Å². The highest BCUT2D eigenvalue weighted by molar-refractivity contribution is 7.17. The third-order valence-electron chi connectivity index (χ3n) is 6.76. The minimum atomic E-state index is -1.01. The van der Waals surface area contributed by atoms with Gasteiger partial charge in [-0.15, -0.1) is 11.3 Å². The standard InChI is InChI=1S/C32H35N3O8S/c1-5-15-42-22-11-9-21(10-12-22)31(38)43-24-14-8-20(17-25(24)40-4)18-33-35-29(37)28(36)34-30-27(32(39)41-6-2)23-13-7-19(3)16-26(23)44-30/h8-12,14,17-19H,5-7,13,15-16H2,1-4H3,(H,34,36)(H,35,37)/b33-18-/t19-/m1/s1. The van der Waals surface area contributed by atoms with Gasteiger partial charge in [0, 0.05) is 4.88 Å². The zero-order valence-electron chi connectivity index (χ0n) is 25.1. The van der Waals surface area contributed by atoms with Crippen LogP contribution in [0.2, 0.25) is 0 Å². The fourth-order valence-electron chi connectivity index (χ4n) is 4.55. The Morgan fingerprint density at radius 1 is 1.02 bits per heavy atom. The summed E-state index contributed by atoms with van der Waals surface area (Å²) in [6.07, 6.45) is 4.61. The number of nitrogens with zero attached hydrogens (tertiary/aromatic N) is 1. The number of nitrogens with one attached hydrogen (secondary N) is 2. The van der Waals surface area contributed by atoms with Crippen LogP contribution in [0.25, 0.3) is 0 Å². The van der Waals surface area contributed by atoms with Gasteiger partial charge in [-0.25, -0.2) is 15.0 Å². The number of hydrogen-bond acceptors (Lipinski definition) is 10. The topological polar surface area (TPSA) is 142 Å². The molecule has 0 spiro atoms. The fourth-order valence-corrected chi connectivity index (χ4v) is 5.94. The quantitative estimate of drug-likeness (QED) is 0.0984. The Morgan fingerprint density at radius 3 is 2.50 bits per heavy atom. The predicted octanol–water partition coefficient (Wildman–Crippen LogP) is 5.16. The Labute approximate surface area is 259 Å². The number of methoxy groups -OCH3 is 1. The van der Waals surface area contributed by atoms with Crippen LogP contribution >= 0.6 is 11.3 Å². The molecule has 0 bridgehead atoms. The van der Waals surface area contributed by atoms with E-state index in [4.69, 9.17) is 18.9 Å². The molecule has 232 valence electrons. The molecule has 0 saturated heterocycles. The number of esters is 2. The summed E-state index contributed by atoms with van der Waals surface area (Å²) in [7, 11) is 1.42. The molecule has 0 aliphatic heterocycles. The van der Waals surface area contributed by atoms with Gasteiger partial charge in [0.2, 0.25) is 0 Å². The molecule has 2 aromatic carbocycles. The number of thiophene rings is 1. The van der Waals surface area contributed by atoms with Gasteiger partial charge in [0.05, 0.1) is 37.7 Å². The number of amides is 2. The summed E-state index contributed by atoms with van der Waals surface area (Å²) in [4.78, 5) is 51.5. The van der Waals surface area contributed by atoms with Crippen molar-refractivity contribution in [2.24, 2.45) is 11.0 Å². The van der Waals surface area contributed by atoms with Gasteiger partial charge >= 0.3 is 23.8 Å². The lowest BCUT2D eigenvalue weighted by Gasteiger charge is -2.18. The highest BCUT2D eigenvalue weighted by Gasteiger charge is 2.30. The lowest BCUT2D eigenvalue weighted by Crippen LogP contribution is -2.32. The van der Waals surface area contributed by atoms with E-state index in [0.29, 0.717) is 46.4 Å². The number of carbonyl (C=O) groups is 4. The molecule has 4 rings (SSSR count). The van der Waals surface area contributed by atoms with Gasteiger partial charge in [-0.05, 0) is 92.1 Å². The Hall–Kier alpha value is -4.71. The molecule has 1 atom stereocenters. The second-order valence-electron chi connectivity index (χ2n) is 10.1. The van der Waals surface area contributed by atoms with Crippen molar-refractivity contribution in [2.75, 3.05) is 25.6 Å². The van der Waals surface area contributed by atoms with Crippen LogP contribution in [0.15, 0.2) is 47.6 Å². The summed E-state index contributed by atoms with van der Waals surface area (Å²) in [6.45, 7) is 6.63. The van der Waals surface area contributed by atoms with Gasteiger partial charge in [0.25, 0.3) is 0 Å². The number of fused-ring (bicyclic) bond motifs is 1. The van der Waals surface area contributed by atoms with Crippen LogP contribution in [0.1, 0.15) is 70.3 Å². The molecule has 11 nitrogen and oxygen atoms in total. The molecule has 0 fully saturated rings. The molecular weight excluding hydrogens is 586 g/mol. The second kappa shape index (κ2) is 15.1. The highest BCUT2D eigenvalue weighted by Crippen LogP contribution is 2.40. The predicted molar refractivity (Wildman–Crippen MR) is 166 cm³/mol. The first-order valence-corrected chi connectivity index (χ1v) is 15.1. The molecule has 12 heteroatoms. The smallest absolute Gasteiger partial charge is 0.343 e. The normalized spacial score (nSPS) is 14.0. The third-order valence-corrected chi connectivity index (χ3v) is 7.93. The number of benzene rings is 2. The van der Waals surface area contributed by atoms with E-state index in [1.165, 1.54) is 30.7 Å². The molecule has 1 aliphatic rings. The molecule has 3 aromatic rings. The van der Waals surface area contributed by atoms with E-state index in [9.17, 15) is 19.2 Å². The van der Waals surface area contributed by atoms with Crippen molar-refractivity contribution >= 4 is 46.3 Å². The number of hydrazone groups is 1. The van der Waals surface area contributed by atoms with Crippen LogP contribution in [0.3, 0.4) is 0 Å². The van der Waals surface area contributed by atoms with E-state index >= 15 is 0 Å². The van der Waals surface area contributed by atoms with Crippen molar-refractivity contribution in [2.45, 2.75) is 46.5 Å². The van der Waals surface area contributed by atoms with E-state index in [1.807, 2.05) is 6.92 Å². The Morgan fingerprint density at radius 2 is 1.80 bits per heavy atom. The number of anilines is 1. The first-order valence-electron chi connectivity index (χ1n) is 14.3. The van der Waals surface area contributed by atoms with Crippen molar-refractivity contribution in [3.05, 3.63) is 69.6 Å². The molecule has 1 aromatic heterocycles. The van der Waals surface area contributed by atoms with Crippen molar-refractivity contribution in [1.29, 1.82) is 0 Å². The summed E-state index contributed by atoms with van der Waals surface area (Å²) < 4.78 is 21.6. The second-order valence-corrected chi connectivity index (χ2v) is 11.2. The van der Waals surface area contributed by atoms with Crippen LogP contribution in [0.4, 0.5) is 5.00 Å². The van der Waals surface area contributed by atoms with Crippen molar-refractivity contribution in [3.8, 4) is 17.2 Å². The van der Waals surface area contributed by atoms with Gasteiger partial charge in [-0.3, -0.25) is 9.59 Å². The minimum absolute atomic E-state index is 0.190. The zero-order chi connectivity index (χ0) is 31.6. The van der Waals surface area contributed by atoms with Crippen LogP contribution in [0.5, 0.6) is 17.2 Å². The van der Waals surface area contributed by atoms with Gasteiger partial charge in [-0.2, -0.15) is 5.10 Å². The molecule has 0 saturated carbocycles. The fraction of sp³-hybridized carbons (Fsp3) is 0.344. The van der Waals surface area contributed by atoms with E-state index in [2.05, 4.69) is 22.8 Å².